The smallest absolute Gasteiger partial charge is 0.272 e. The van der Waals surface area contributed by atoms with Gasteiger partial charge in [0.15, 0.2) is 5.69 Å². The van der Waals surface area contributed by atoms with Gasteiger partial charge in [-0.05, 0) is 63.4 Å². The number of carbonyl (C=O) groups excluding carboxylic acids is 1. The Bertz CT molecular complexity index is 1030. The fourth-order valence-corrected chi connectivity index (χ4v) is 3.56. The number of hydrogen-bond acceptors (Lipinski definition) is 4. The third-order valence-electron chi connectivity index (χ3n) is 4.85. The number of ether oxygens (including phenoxy) is 1. The Morgan fingerprint density at radius 1 is 1.24 bits per heavy atom. The minimum absolute atomic E-state index is 0.00553. The molecule has 0 unspecified atom stereocenters. The van der Waals surface area contributed by atoms with Crippen LogP contribution < -0.4 is 10.1 Å². The van der Waals surface area contributed by atoms with E-state index in [0.717, 1.165) is 41.8 Å². The van der Waals surface area contributed by atoms with Crippen LogP contribution >= 0.6 is 0 Å². The molecule has 0 atom stereocenters. The second kappa shape index (κ2) is 8.03. The average Bonchev–Trinajstić information content (AvgIpc) is 3.30. The Morgan fingerprint density at radius 2 is 2.03 bits per heavy atom. The molecule has 7 heteroatoms. The van der Waals surface area contributed by atoms with E-state index in [1.165, 1.54) is 12.1 Å². The van der Waals surface area contributed by atoms with Crippen LogP contribution in [-0.4, -0.2) is 26.8 Å². The molecule has 0 radical (unpaired) electrons. The van der Waals surface area contributed by atoms with Crippen LogP contribution in [-0.2, 0) is 19.4 Å². The highest BCUT2D eigenvalue weighted by molar-refractivity contribution is 5.94. The number of carbonyl (C=O) groups is 1. The van der Waals surface area contributed by atoms with Gasteiger partial charge in [0, 0.05) is 29.6 Å². The van der Waals surface area contributed by atoms with Crippen LogP contribution in [0.2, 0.25) is 0 Å². The van der Waals surface area contributed by atoms with Crippen LogP contribution in [0.1, 0.15) is 47.6 Å². The number of rotatable bonds is 6. The van der Waals surface area contributed by atoms with Crippen LogP contribution in [0.25, 0.3) is 5.69 Å². The number of hydrogen-bond donors (Lipinski definition) is 1. The van der Waals surface area contributed by atoms with Crippen LogP contribution in [0.3, 0.4) is 0 Å². The van der Waals surface area contributed by atoms with Gasteiger partial charge in [-0.1, -0.05) is 6.07 Å². The summed E-state index contributed by atoms with van der Waals surface area (Å²) in [6.45, 7) is 4.16. The molecule has 2 aromatic heterocycles. The topological polar surface area (TPSA) is 69.0 Å². The van der Waals surface area contributed by atoms with Crippen LogP contribution in [0, 0.1) is 5.82 Å². The molecule has 0 spiro atoms. The molecule has 1 N–H and O–H groups in total. The molecule has 29 heavy (non-hydrogen) atoms. The molecular formula is C22H23FN4O2. The predicted molar refractivity (Wildman–Crippen MR) is 107 cm³/mol. The second-order valence-electron chi connectivity index (χ2n) is 7.33. The Morgan fingerprint density at radius 3 is 2.79 bits per heavy atom. The van der Waals surface area contributed by atoms with E-state index in [4.69, 9.17) is 4.74 Å². The van der Waals surface area contributed by atoms with Crippen molar-refractivity contribution >= 4 is 5.91 Å². The number of halogens is 1. The molecule has 0 aliphatic heterocycles. The number of nitrogens with one attached hydrogen (secondary N) is 1. The van der Waals surface area contributed by atoms with Gasteiger partial charge in [0.2, 0.25) is 5.88 Å². The molecule has 3 aromatic rings. The lowest BCUT2D eigenvalue weighted by atomic mass is 10.2. The van der Waals surface area contributed by atoms with Crippen molar-refractivity contribution in [2.45, 2.75) is 45.8 Å². The number of amides is 1. The molecular weight excluding hydrogens is 371 g/mol. The van der Waals surface area contributed by atoms with Crippen molar-refractivity contribution < 1.29 is 13.9 Å². The van der Waals surface area contributed by atoms with Crippen molar-refractivity contribution in [3.05, 3.63) is 70.9 Å². The van der Waals surface area contributed by atoms with Crippen molar-refractivity contribution in [2.24, 2.45) is 0 Å². The zero-order chi connectivity index (χ0) is 20.4. The van der Waals surface area contributed by atoms with E-state index < -0.39 is 0 Å². The molecule has 6 nitrogen and oxygen atoms in total. The first kappa shape index (κ1) is 19.1. The van der Waals surface area contributed by atoms with Crippen molar-refractivity contribution in [1.29, 1.82) is 0 Å². The number of benzene rings is 1. The summed E-state index contributed by atoms with van der Waals surface area (Å²) in [5.74, 6) is -0.0142. The van der Waals surface area contributed by atoms with Crippen LogP contribution in [0.5, 0.6) is 5.88 Å². The Balaban J connectivity index is 1.56. The first-order valence-electron chi connectivity index (χ1n) is 9.78. The first-order chi connectivity index (χ1) is 14.0. The highest BCUT2D eigenvalue weighted by atomic mass is 19.1. The summed E-state index contributed by atoms with van der Waals surface area (Å²) in [4.78, 5) is 17.2. The van der Waals surface area contributed by atoms with Crippen LogP contribution in [0.4, 0.5) is 4.39 Å². The Labute approximate surface area is 168 Å². The van der Waals surface area contributed by atoms with Crippen molar-refractivity contribution in [2.75, 3.05) is 0 Å². The van der Waals surface area contributed by atoms with Gasteiger partial charge < -0.3 is 10.1 Å². The van der Waals surface area contributed by atoms with Gasteiger partial charge in [-0.2, -0.15) is 5.10 Å². The molecule has 0 fully saturated rings. The summed E-state index contributed by atoms with van der Waals surface area (Å²) in [5, 5.41) is 7.49. The second-order valence-corrected chi connectivity index (χ2v) is 7.33. The molecule has 0 saturated carbocycles. The van der Waals surface area contributed by atoms with Gasteiger partial charge in [0.25, 0.3) is 5.91 Å². The maximum Gasteiger partial charge on any atom is 0.272 e. The summed E-state index contributed by atoms with van der Waals surface area (Å²) < 4.78 is 20.7. The molecule has 0 bridgehead atoms. The maximum absolute atomic E-state index is 13.3. The van der Waals surface area contributed by atoms with E-state index in [-0.39, 0.29) is 17.8 Å². The number of aromatic nitrogens is 3. The molecule has 0 saturated heterocycles. The monoisotopic (exact) mass is 394 g/mol. The lowest BCUT2D eigenvalue weighted by Gasteiger charge is -2.13. The van der Waals surface area contributed by atoms with E-state index in [1.54, 1.807) is 23.0 Å². The van der Waals surface area contributed by atoms with Crippen molar-refractivity contribution in [1.82, 2.24) is 20.1 Å². The van der Waals surface area contributed by atoms with E-state index >= 15 is 0 Å². The highest BCUT2D eigenvalue weighted by Crippen LogP contribution is 2.28. The molecule has 2 heterocycles. The zero-order valence-corrected chi connectivity index (χ0v) is 16.5. The minimum atomic E-state index is -0.300. The average molecular weight is 394 g/mol. The fraction of sp³-hybridized carbons (Fsp3) is 0.318. The third-order valence-corrected chi connectivity index (χ3v) is 4.85. The first-order valence-corrected chi connectivity index (χ1v) is 9.78. The fourth-order valence-electron chi connectivity index (χ4n) is 3.56. The maximum atomic E-state index is 13.3. The standard InChI is InChI=1S/C22H23FN4O2/c1-14(2)29-22-15(5-4-12-24-22)13-25-21(28)20-18-6-3-7-19(18)27(26-20)17-10-8-16(23)9-11-17/h4-5,8-12,14H,3,6-7,13H2,1-2H3,(H,25,28). The third kappa shape index (κ3) is 3.99. The van der Waals surface area contributed by atoms with Gasteiger partial charge in [-0.25, -0.2) is 14.1 Å². The number of fused-ring (bicyclic) bond motifs is 1. The molecule has 1 amide bonds. The zero-order valence-electron chi connectivity index (χ0n) is 16.5. The van der Waals surface area contributed by atoms with Gasteiger partial charge in [0.05, 0.1) is 11.8 Å². The van der Waals surface area contributed by atoms with Crippen LogP contribution in [0.15, 0.2) is 42.6 Å². The van der Waals surface area contributed by atoms with E-state index in [1.807, 2.05) is 26.0 Å². The van der Waals surface area contributed by atoms with E-state index in [9.17, 15) is 9.18 Å². The molecule has 1 aliphatic rings. The van der Waals surface area contributed by atoms with Gasteiger partial charge in [-0.3, -0.25) is 4.79 Å². The molecule has 1 aliphatic carbocycles. The van der Waals surface area contributed by atoms with Gasteiger partial charge in [0.1, 0.15) is 5.82 Å². The van der Waals surface area contributed by atoms with Crippen molar-refractivity contribution in [3.63, 3.8) is 0 Å². The van der Waals surface area contributed by atoms with Gasteiger partial charge in [-0.15, -0.1) is 0 Å². The SMILES string of the molecule is CC(C)Oc1ncccc1CNC(=O)c1nn(-c2ccc(F)cc2)c2c1CCC2. The summed E-state index contributed by atoms with van der Waals surface area (Å²) in [6, 6.07) is 9.84. The molecule has 150 valence electrons. The number of nitrogens with zero attached hydrogens (tertiary/aromatic N) is 3. The predicted octanol–water partition coefficient (Wildman–Crippen LogP) is 3.61. The Hall–Kier alpha value is -3.22. The summed E-state index contributed by atoms with van der Waals surface area (Å²) in [6.07, 6.45) is 4.30. The lowest BCUT2D eigenvalue weighted by molar-refractivity contribution is 0.0944. The van der Waals surface area contributed by atoms with E-state index in [0.29, 0.717) is 18.1 Å². The normalized spacial score (nSPS) is 12.8. The highest BCUT2D eigenvalue weighted by Gasteiger charge is 2.27. The van der Waals surface area contributed by atoms with E-state index in [2.05, 4.69) is 15.4 Å². The molecule has 4 rings (SSSR count). The number of pyridine rings is 1. The summed E-state index contributed by atoms with van der Waals surface area (Å²) >= 11 is 0. The lowest BCUT2D eigenvalue weighted by Crippen LogP contribution is -2.25. The van der Waals surface area contributed by atoms with Gasteiger partial charge >= 0.3 is 0 Å². The summed E-state index contributed by atoms with van der Waals surface area (Å²) in [5.41, 5.74) is 3.98. The largest absolute Gasteiger partial charge is 0.475 e. The van der Waals surface area contributed by atoms with Crippen molar-refractivity contribution in [3.8, 4) is 11.6 Å². The minimum Gasteiger partial charge on any atom is -0.475 e. The molecule has 1 aromatic carbocycles. The summed E-state index contributed by atoms with van der Waals surface area (Å²) in [7, 11) is 0. The Kier molecular flexibility index (Phi) is 5.29. The quantitative estimate of drug-likeness (QED) is 0.693.